The van der Waals surface area contributed by atoms with Gasteiger partial charge in [0.05, 0.1) is 18.7 Å². The summed E-state index contributed by atoms with van der Waals surface area (Å²) in [6, 6.07) is 11.5. The van der Waals surface area contributed by atoms with Crippen LogP contribution < -0.4 is 9.08 Å². The van der Waals surface area contributed by atoms with Crippen LogP contribution >= 0.6 is 0 Å². The number of ether oxygens (including phenoxy) is 1. The molecular formula is C29H26F5NO5S. The van der Waals surface area contributed by atoms with Crippen LogP contribution in [0.3, 0.4) is 0 Å². The first-order chi connectivity index (χ1) is 19.3. The molecule has 2 unspecified atom stereocenters. The molecule has 0 bridgehead atoms. The number of carbonyl (C=O) groups is 1. The molecule has 0 N–H and O–H groups in total. The van der Waals surface area contributed by atoms with E-state index in [1.165, 1.54) is 12.1 Å². The largest absolute Gasteiger partial charge is 0.534 e. The van der Waals surface area contributed by atoms with Crippen molar-refractivity contribution in [2.75, 3.05) is 12.0 Å². The molecule has 218 valence electrons. The normalized spacial score (nSPS) is 17.4. The highest BCUT2D eigenvalue weighted by Gasteiger charge is 2.48. The maximum absolute atomic E-state index is 15.8. The second-order valence-corrected chi connectivity index (χ2v) is 11.0. The Hall–Kier alpha value is -3.93. The van der Waals surface area contributed by atoms with Crippen LogP contribution in [0.4, 0.5) is 27.6 Å². The SMILES string of the molecule is CCc1ccccc1N1C(C)Cc2cc(OS(=O)(=O)C(F)(F)F)ccc2C1c1c(F)cc(/C=C/C(=O)OC)cc1F. The lowest BCUT2D eigenvalue weighted by Gasteiger charge is -2.45. The van der Waals surface area contributed by atoms with Crippen molar-refractivity contribution in [2.24, 2.45) is 0 Å². The fraction of sp³-hybridized carbons (Fsp3) is 0.276. The summed E-state index contributed by atoms with van der Waals surface area (Å²) < 4.78 is 102. The molecule has 3 aromatic rings. The maximum atomic E-state index is 15.8. The second-order valence-electron chi connectivity index (χ2n) is 9.44. The first-order valence-electron chi connectivity index (χ1n) is 12.5. The number of methoxy groups -OCH3 is 1. The molecule has 1 heterocycles. The van der Waals surface area contributed by atoms with Crippen molar-refractivity contribution >= 4 is 27.9 Å². The minimum atomic E-state index is -5.92. The predicted molar refractivity (Wildman–Crippen MR) is 143 cm³/mol. The summed E-state index contributed by atoms with van der Waals surface area (Å²) in [5.74, 6) is -3.12. The van der Waals surface area contributed by atoms with Gasteiger partial charge in [0.1, 0.15) is 17.4 Å². The molecule has 0 radical (unpaired) electrons. The monoisotopic (exact) mass is 595 g/mol. The van der Waals surface area contributed by atoms with Gasteiger partial charge in [-0.2, -0.15) is 21.6 Å². The molecule has 0 aliphatic carbocycles. The molecule has 0 fully saturated rings. The molecule has 0 saturated heterocycles. The molecule has 6 nitrogen and oxygen atoms in total. The highest BCUT2D eigenvalue weighted by atomic mass is 32.2. The Bertz CT molecular complexity index is 1580. The molecule has 0 spiro atoms. The third kappa shape index (κ3) is 6.07. The molecule has 0 amide bonds. The van der Waals surface area contributed by atoms with Gasteiger partial charge in [-0.3, -0.25) is 0 Å². The van der Waals surface area contributed by atoms with Gasteiger partial charge < -0.3 is 13.8 Å². The van der Waals surface area contributed by atoms with Crippen molar-refractivity contribution < 1.29 is 44.1 Å². The molecular weight excluding hydrogens is 569 g/mol. The van der Waals surface area contributed by atoms with Gasteiger partial charge in [0.15, 0.2) is 0 Å². The van der Waals surface area contributed by atoms with E-state index in [1.807, 2.05) is 30.0 Å². The van der Waals surface area contributed by atoms with Gasteiger partial charge in [0.2, 0.25) is 0 Å². The van der Waals surface area contributed by atoms with Gasteiger partial charge >= 0.3 is 21.6 Å². The standard InChI is InChI=1S/C29H26F5NO5S/c1-4-19-7-5-6-8-25(19)35-17(2)13-20-16-21(40-41(37,38)29(32,33)34)10-11-22(20)28(35)27-23(30)14-18(15-24(27)31)9-12-26(36)39-3/h5-12,14-17,28H,4,13H2,1-3H3/b12-9+. The molecule has 1 aliphatic heterocycles. The number of fused-ring (bicyclic) bond motifs is 1. The summed E-state index contributed by atoms with van der Waals surface area (Å²) in [7, 11) is -4.76. The van der Waals surface area contributed by atoms with Crippen molar-refractivity contribution in [2.45, 2.75) is 44.3 Å². The van der Waals surface area contributed by atoms with E-state index >= 15 is 8.78 Å². The van der Waals surface area contributed by atoms with Crippen LogP contribution in [0, 0.1) is 11.6 Å². The molecule has 41 heavy (non-hydrogen) atoms. The van der Waals surface area contributed by atoms with Gasteiger partial charge in [-0.25, -0.2) is 13.6 Å². The van der Waals surface area contributed by atoms with Gasteiger partial charge in [0, 0.05) is 17.8 Å². The number of halogens is 5. The lowest BCUT2D eigenvalue weighted by atomic mass is 9.83. The van der Waals surface area contributed by atoms with E-state index in [1.54, 1.807) is 13.0 Å². The summed E-state index contributed by atoms with van der Waals surface area (Å²) in [6.45, 7) is 3.73. The number of nitrogens with zero attached hydrogens (tertiary/aromatic N) is 1. The third-order valence-corrected chi connectivity index (χ3v) is 7.78. The number of para-hydroxylation sites is 1. The Morgan fingerprint density at radius 2 is 1.73 bits per heavy atom. The number of hydrogen-bond donors (Lipinski definition) is 0. The number of hydrogen-bond acceptors (Lipinski definition) is 6. The molecule has 0 saturated carbocycles. The topological polar surface area (TPSA) is 72.9 Å². The van der Waals surface area contributed by atoms with Gasteiger partial charge in [-0.15, -0.1) is 0 Å². The average molecular weight is 596 g/mol. The van der Waals surface area contributed by atoms with Crippen LogP contribution in [0.1, 0.15) is 47.7 Å². The number of rotatable bonds is 7. The molecule has 2 atom stereocenters. The van der Waals surface area contributed by atoms with Crippen molar-refractivity contribution in [3.63, 3.8) is 0 Å². The summed E-state index contributed by atoms with van der Waals surface area (Å²) in [5.41, 5.74) is -3.53. The third-order valence-electron chi connectivity index (χ3n) is 6.81. The smallest absolute Gasteiger partial charge is 0.466 e. The molecule has 4 rings (SSSR count). The summed E-state index contributed by atoms with van der Waals surface area (Å²) in [5, 5.41) is 0. The fourth-order valence-corrected chi connectivity index (χ4v) is 5.45. The van der Waals surface area contributed by atoms with Crippen LogP contribution in [-0.2, 0) is 32.5 Å². The number of alkyl halides is 3. The van der Waals surface area contributed by atoms with E-state index in [-0.39, 0.29) is 17.5 Å². The van der Waals surface area contributed by atoms with Crippen LogP contribution in [0.5, 0.6) is 5.75 Å². The minimum Gasteiger partial charge on any atom is -0.466 e. The highest BCUT2D eigenvalue weighted by molar-refractivity contribution is 7.88. The Morgan fingerprint density at radius 1 is 1.07 bits per heavy atom. The zero-order valence-corrected chi connectivity index (χ0v) is 23.0. The summed E-state index contributed by atoms with van der Waals surface area (Å²) in [6.07, 6.45) is 3.06. The zero-order chi connectivity index (χ0) is 30.1. The average Bonchev–Trinajstić information content (AvgIpc) is 2.90. The minimum absolute atomic E-state index is 0.0693. The van der Waals surface area contributed by atoms with Gasteiger partial charge in [0.25, 0.3) is 0 Å². The fourth-order valence-electron chi connectivity index (χ4n) is 5.00. The van der Waals surface area contributed by atoms with Crippen LogP contribution in [0.2, 0.25) is 0 Å². The van der Waals surface area contributed by atoms with Crippen LogP contribution in [-0.4, -0.2) is 33.0 Å². The Kier molecular flexibility index (Phi) is 8.44. The van der Waals surface area contributed by atoms with Crippen molar-refractivity contribution in [1.82, 2.24) is 0 Å². The maximum Gasteiger partial charge on any atom is 0.534 e. The Labute approximate surface area is 234 Å². The van der Waals surface area contributed by atoms with E-state index in [9.17, 15) is 26.4 Å². The first-order valence-corrected chi connectivity index (χ1v) is 13.9. The number of esters is 1. The predicted octanol–water partition coefficient (Wildman–Crippen LogP) is 6.48. The molecule has 12 heteroatoms. The van der Waals surface area contributed by atoms with Crippen LogP contribution in [0.15, 0.2) is 60.7 Å². The number of aryl methyl sites for hydroxylation is 1. The van der Waals surface area contributed by atoms with Gasteiger partial charge in [-0.05, 0) is 78.4 Å². The van der Waals surface area contributed by atoms with E-state index in [2.05, 4.69) is 8.92 Å². The Morgan fingerprint density at radius 3 is 2.34 bits per heavy atom. The van der Waals surface area contributed by atoms with E-state index in [4.69, 9.17) is 0 Å². The molecule has 3 aromatic carbocycles. The van der Waals surface area contributed by atoms with Gasteiger partial charge in [-0.1, -0.05) is 31.2 Å². The highest BCUT2D eigenvalue weighted by Crippen LogP contribution is 2.45. The van der Waals surface area contributed by atoms with E-state index in [0.717, 1.165) is 43.0 Å². The Balaban J connectivity index is 1.90. The zero-order valence-electron chi connectivity index (χ0n) is 22.2. The van der Waals surface area contributed by atoms with E-state index < -0.39 is 51.1 Å². The first kappa shape index (κ1) is 30.0. The second kappa shape index (κ2) is 11.5. The lowest BCUT2D eigenvalue weighted by Crippen LogP contribution is -2.44. The van der Waals surface area contributed by atoms with Crippen molar-refractivity contribution in [1.29, 1.82) is 0 Å². The summed E-state index contributed by atoms with van der Waals surface area (Å²) >= 11 is 0. The number of carbonyl (C=O) groups excluding carboxylic acids is 1. The van der Waals surface area contributed by atoms with E-state index in [0.29, 0.717) is 23.2 Å². The lowest BCUT2D eigenvalue weighted by molar-refractivity contribution is -0.134. The van der Waals surface area contributed by atoms with Crippen molar-refractivity contribution in [3.05, 3.63) is 100 Å². The number of anilines is 1. The summed E-state index contributed by atoms with van der Waals surface area (Å²) in [4.78, 5) is 13.3. The van der Waals surface area contributed by atoms with Crippen molar-refractivity contribution in [3.8, 4) is 5.75 Å². The van der Waals surface area contributed by atoms with Crippen LogP contribution in [0.25, 0.3) is 6.08 Å². The molecule has 0 aromatic heterocycles. The quantitative estimate of drug-likeness (QED) is 0.102. The number of benzene rings is 3. The molecule has 1 aliphatic rings.